The second-order valence-electron chi connectivity index (χ2n) is 6.26. The minimum Gasteiger partial charge on any atom is -0.435 e. The number of thioether (sulfide) groups is 1. The van der Waals surface area contributed by atoms with Crippen molar-refractivity contribution in [2.45, 2.75) is 18.3 Å². The lowest BCUT2D eigenvalue weighted by Crippen LogP contribution is -2.31. The van der Waals surface area contributed by atoms with E-state index in [1.54, 1.807) is 31.6 Å². The summed E-state index contributed by atoms with van der Waals surface area (Å²) in [5.74, 6) is -0.759. The third-order valence-electron chi connectivity index (χ3n) is 4.10. The van der Waals surface area contributed by atoms with Gasteiger partial charge in [-0.05, 0) is 36.4 Å². The number of methoxy groups -OCH3 is 1. The minimum absolute atomic E-state index is 0.0836. The molecule has 0 fully saturated rings. The van der Waals surface area contributed by atoms with E-state index in [9.17, 15) is 18.4 Å². The molecule has 2 heterocycles. The van der Waals surface area contributed by atoms with Gasteiger partial charge >= 0.3 is 6.61 Å². The summed E-state index contributed by atoms with van der Waals surface area (Å²) in [6.45, 7) is -2.07. The zero-order valence-electron chi connectivity index (χ0n) is 16.9. The van der Waals surface area contributed by atoms with Crippen molar-refractivity contribution >= 4 is 23.6 Å². The van der Waals surface area contributed by atoms with Crippen LogP contribution < -0.4 is 10.1 Å². The van der Waals surface area contributed by atoms with Crippen molar-refractivity contribution in [3.63, 3.8) is 0 Å². The summed E-state index contributed by atoms with van der Waals surface area (Å²) in [5.41, 5.74) is 0.947. The van der Waals surface area contributed by atoms with E-state index in [1.165, 1.54) is 24.3 Å². The van der Waals surface area contributed by atoms with Crippen LogP contribution in [0.2, 0.25) is 0 Å². The molecule has 12 heteroatoms. The van der Waals surface area contributed by atoms with E-state index in [1.807, 2.05) is 4.57 Å². The number of hydrogen-bond acceptors (Lipinski definition) is 8. The van der Waals surface area contributed by atoms with E-state index in [-0.39, 0.29) is 17.1 Å². The number of pyridine rings is 1. The summed E-state index contributed by atoms with van der Waals surface area (Å²) in [4.78, 5) is 28.4. The Labute approximate surface area is 186 Å². The quantitative estimate of drug-likeness (QED) is 0.457. The van der Waals surface area contributed by atoms with Gasteiger partial charge in [-0.1, -0.05) is 11.8 Å². The molecule has 0 unspecified atom stereocenters. The Bertz CT molecular complexity index is 1050. The first kappa shape index (κ1) is 23.3. The molecule has 1 N–H and O–H groups in total. The topological polar surface area (TPSA) is 108 Å². The molecule has 0 saturated heterocycles. The summed E-state index contributed by atoms with van der Waals surface area (Å²) in [6.07, 6.45) is 3.28. The minimum atomic E-state index is -2.96. The Hall–Kier alpha value is -3.38. The first-order valence-electron chi connectivity index (χ1n) is 9.32. The number of nitrogens with zero attached hydrogens (tertiary/aromatic N) is 4. The number of amides is 2. The third kappa shape index (κ3) is 6.31. The van der Waals surface area contributed by atoms with Crippen LogP contribution in [0.3, 0.4) is 0 Å². The smallest absolute Gasteiger partial charge is 0.387 e. The van der Waals surface area contributed by atoms with Crippen molar-refractivity contribution in [2.24, 2.45) is 0 Å². The van der Waals surface area contributed by atoms with E-state index in [0.29, 0.717) is 24.1 Å². The fourth-order valence-electron chi connectivity index (χ4n) is 2.65. The molecule has 0 aliphatic heterocycles. The van der Waals surface area contributed by atoms with Crippen molar-refractivity contribution in [3.05, 3.63) is 54.4 Å². The van der Waals surface area contributed by atoms with Gasteiger partial charge in [0.1, 0.15) is 5.75 Å². The number of benzene rings is 1. The van der Waals surface area contributed by atoms with Gasteiger partial charge in [-0.3, -0.25) is 24.5 Å². The molecular formula is C20H19F2N5O4S. The molecule has 1 aromatic carbocycles. The van der Waals surface area contributed by atoms with Crippen LogP contribution >= 0.6 is 11.8 Å². The predicted molar refractivity (Wildman–Crippen MR) is 111 cm³/mol. The van der Waals surface area contributed by atoms with Crippen molar-refractivity contribution in [1.82, 2.24) is 25.1 Å². The molecule has 2 aromatic heterocycles. The monoisotopic (exact) mass is 463 g/mol. The molecule has 3 aromatic rings. The molecule has 0 aliphatic carbocycles. The molecule has 2 amide bonds. The van der Waals surface area contributed by atoms with Crippen molar-refractivity contribution in [2.75, 3.05) is 19.5 Å². The molecular weight excluding hydrogens is 444 g/mol. The maximum absolute atomic E-state index is 12.2. The standard InChI is InChI=1S/C20H19F2N5O4S/c1-30-11-10-27-17(13-6-8-23-9-7-13)25-26-20(27)32-12-16(28)24-18(29)14-2-4-15(5-3-14)31-19(21)22/h2-9,19H,10-12H2,1H3,(H,24,28,29). The Morgan fingerprint density at radius 2 is 1.84 bits per heavy atom. The van der Waals surface area contributed by atoms with E-state index < -0.39 is 18.4 Å². The highest BCUT2D eigenvalue weighted by Crippen LogP contribution is 2.23. The maximum Gasteiger partial charge on any atom is 0.387 e. The molecule has 3 rings (SSSR count). The van der Waals surface area contributed by atoms with Crippen LogP contribution in [-0.2, 0) is 16.1 Å². The van der Waals surface area contributed by atoms with Crippen molar-refractivity contribution < 1.29 is 27.8 Å². The van der Waals surface area contributed by atoms with Gasteiger partial charge in [0.05, 0.1) is 18.9 Å². The number of imide groups is 1. The van der Waals surface area contributed by atoms with Gasteiger partial charge in [0, 0.05) is 30.6 Å². The number of ether oxygens (including phenoxy) is 2. The van der Waals surface area contributed by atoms with Gasteiger partial charge in [-0.15, -0.1) is 10.2 Å². The fourth-order valence-corrected chi connectivity index (χ4v) is 3.41. The average Bonchev–Trinajstić information content (AvgIpc) is 3.19. The zero-order valence-corrected chi connectivity index (χ0v) is 17.7. The number of aromatic nitrogens is 4. The van der Waals surface area contributed by atoms with Crippen LogP contribution in [-0.4, -0.2) is 57.6 Å². The van der Waals surface area contributed by atoms with Gasteiger partial charge < -0.3 is 9.47 Å². The van der Waals surface area contributed by atoms with Crippen LogP contribution in [0.15, 0.2) is 53.9 Å². The number of nitrogens with one attached hydrogen (secondary N) is 1. The highest BCUT2D eigenvalue weighted by atomic mass is 32.2. The summed E-state index contributed by atoms with van der Waals surface area (Å²) in [7, 11) is 1.58. The lowest BCUT2D eigenvalue weighted by molar-refractivity contribution is -0.117. The number of alkyl halides is 2. The van der Waals surface area contributed by atoms with Crippen molar-refractivity contribution in [1.29, 1.82) is 0 Å². The van der Waals surface area contributed by atoms with Crippen LogP contribution in [0.25, 0.3) is 11.4 Å². The molecule has 168 valence electrons. The van der Waals surface area contributed by atoms with E-state index in [0.717, 1.165) is 17.3 Å². The van der Waals surface area contributed by atoms with E-state index in [4.69, 9.17) is 4.74 Å². The lowest BCUT2D eigenvalue weighted by atomic mass is 10.2. The van der Waals surface area contributed by atoms with Gasteiger partial charge in [-0.25, -0.2) is 0 Å². The number of halogens is 2. The van der Waals surface area contributed by atoms with Crippen LogP contribution in [0.4, 0.5) is 8.78 Å². The SMILES string of the molecule is COCCn1c(SCC(=O)NC(=O)c2ccc(OC(F)F)cc2)nnc1-c1ccncc1. The molecule has 0 radical (unpaired) electrons. The lowest BCUT2D eigenvalue weighted by Gasteiger charge is -2.10. The van der Waals surface area contributed by atoms with Gasteiger partial charge in [0.15, 0.2) is 11.0 Å². The van der Waals surface area contributed by atoms with Crippen molar-refractivity contribution in [3.8, 4) is 17.1 Å². The molecule has 0 bridgehead atoms. The second kappa shape index (κ2) is 11.3. The molecule has 9 nitrogen and oxygen atoms in total. The van der Waals surface area contributed by atoms with Gasteiger partial charge in [0.25, 0.3) is 5.91 Å². The summed E-state index contributed by atoms with van der Waals surface area (Å²) in [5, 5.41) is 11.1. The zero-order chi connectivity index (χ0) is 22.9. The van der Waals surface area contributed by atoms with E-state index >= 15 is 0 Å². The molecule has 0 spiro atoms. The number of rotatable bonds is 10. The highest BCUT2D eigenvalue weighted by Gasteiger charge is 2.17. The van der Waals surface area contributed by atoms with Crippen LogP contribution in [0, 0.1) is 0 Å². The summed E-state index contributed by atoms with van der Waals surface area (Å²) >= 11 is 1.12. The van der Waals surface area contributed by atoms with E-state index in [2.05, 4.69) is 25.2 Å². The number of carbonyl (C=O) groups excluding carboxylic acids is 2. The van der Waals surface area contributed by atoms with Gasteiger partial charge in [-0.2, -0.15) is 8.78 Å². The van der Waals surface area contributed by atoms with Gasteiger partial charge in [0.2, 0.25) is 5.91 Å². The first-order chi connectivity index (χ1) is 15.5. The maximum atomic E-state index is 12.2. The Morgan fingerprint density at radius 3 is 2.50 bits per heavy atom. The second-order valence-corrected chi connectivity index (χ2v) is 7.20. The molecule has 32 heavy (non-hydrogen) atoms. The molecule has 0 aliphatic rings. The molecule has 0 atom stereocenters. The fraction of sp³-hybridized carbons (Fsp3) is 0.250. The van der Waals surface area contributed by atoms with Crippen LogP contribution in [0.1, 0.15) is 10.4 Å². The molecule has 0 saturated carbocycles. The first-order valence-corrected chi connectivity index (χ1v) is 10.3. The van der Waals surface area contributed by atoms with Crippen LogP contribution in [0.5, 0.6) is 5.75 Å². The number of hydrogen-bond donors (Lipinski definition) is 1. The predicted octanol–water partition coefficient (Wildman–Crippen LogP) is 2.64. The Kier molecular flexibility index (Phi) is 8.22. The normalized spacial score (nSPS) is 10.9. The Morgan fingerprint density at radius 1 is 1.12 bits per heavy atom. The summed E-state index contributed by atoms with van der Waals surface area (Å²) in [6, 6.07) is 8.61. The summed E-state index contributed by atoms with van der Waals surface area (Å²) < 4.78 is 35.6. The average molecular weight is 463 g/mol. The number of carbonyl (C=O) groups is 2. The Balaban J connectivity index is 1.61. The highest BCUT2D eigenvalue weighted by molar-refractivity contribution is 7.99. The third-order valence-corrected chi connectivity index (χ3v) is 5.07. The largest absolute Gasteiger partial charge is 0.435 e.